The number of guanidine groups is 1. The Kier molecular flexibility index (Phi) is 4.11. The molecular weight excluding hydrogens is 290 g/mol. The predicted octanol–water partition coefficient (Wildman–Crippen LogP) is 1.31. The minimum absolute atomic E-state index is 0.0502. The van der Waals surface area contributed by atoms with Crippen LogP contribution in [0.25, 0.3) is 5.65 Å². The molecule has 0 unspecified atom stereocenters. The van der Waals surface area contributed by atoms with Gasteiger partial charge in [0.05, 0.1) is 11.4 Å². The lowest BCUT2D eigenvalue weighted by Gasteiger charge is -2.08. The number of nitrogens with zero attached hydrogens (tertiary/aromatic N) is 3. The number of anilines is 1. The van der Waals surface area contributed by atoms with E-state index in [0.29, 0.717) is 13.1 Å². The maximum absolute atomic E-state index is 5.80. The summed E-state index contributed by atoms with van der Waals surface area (Å²) >= 11 is 0. The summed E-state index contributed by atoms with van der Waals surface area (Å²) in [5.41, 5.74) is 20.1. The number of nitrogens with one attached hydrogen (secondary N) is 1. The van der Waals surface area contributed by atoms with Gasteiger partial charge in [-0.3, -0.25) is 4.40 Å². The fraction of sp³-hybridized carbons (Fsp3) is 0.125. The second-order valence-electron chi connectivity index (χ2n) is 5.10. The van der Waals surface area contributed by atoms with Gasteiger partial charge in [-0.05, 0) is 29.8 Å². The molecule has 0 fully saturated rings. The van der Waals surface area contributed by atoms with Crippen molar-refractivity contribution < 1.29 is 0 Å². The molecule has 0 spiro atoms. The van der Waals surface area contributed by atoms with Crippen LogP contribution >= 0.6 is 0 Å². The van der Waals surface area contributed by atoms with Crippen molar-refractivity contribution in [2.45, 2.75) is 13.1 Å². The van der Waals surface area contributed by atoms with Crippen molar-refractivity contribution in [2.24, 2.45) is 22.2 Å². The second-order valence-corrected chi connectivity index (χ2v) is 5.10. The molecule has 3 rings (SSSR count). The topological polar surface area (TPSA) is 120 Å². The number of fused-ring (bicyclic) bond motifs is 1. The monoisotopic (exact) mass is 309 g/mol. The SMILES string of the molecule is NCc1nc2ccccn2c1NCc1ccc(N=C(N)N)cc1. The van der Waals surface area contributed by atoms with Gasteiger partial charge in [0.1, 0.15) is 11.5 Å². The molecule has 7 heteroatoms. The molecule has 2 aromatic heterocycles. The minimum atomic E-state index is 0.0502. The smallest absolute Gasteiger partial charge is 0.191 e. The molecule has 1 aromatic carbocycles. The van der Waals surface area contributed by atoms with Crippen molar-refractivity contribution in [3.63, 3.8) is 0 Å². The highest BCUT2D eigenvalue weighted by atomic mass is 15.1. The van der Waals surface area contributed by atoms with Gasteiger partial charge in [0.2, 0.25) is 0 Å². The molecule has 2 heterocycles. The molecule has 0 aliphatic rings. The number of rotatable bonds is 5. The minimum Gasteiger partial charge on any atom is -0.370 e. The molecule has 0 aliphatic carbocycles. The van der Waals surface area contributed by atoms with Crippen LogP contribution in [0.4, 0.5) is 11.5 Å². The molecule has 0 radical (unpaired) electrons. The van der Waals surface area contributed by atoms with E-state index in [1.165, 1.54) is 0 Å². The Hall–Kier alpha value is -3.06. The number of pyridine rings is 1. The van der Waals surface area contributed by atoms with E-state index in [1.807, 2.05) is 53.1 Å². The Labute approximate surface area is 133 Å². The highest BCUT2D eigenvalue weighted by molar-refractivity contribution is 5.78. The first-order chi connectivity index (χ1) is 11.2. The maximum Gasteiger partial charge on any atom is 0.191 e. The van der Waals surface area contributed by atoms with Gasteiger partial charge in [0.15, 0.2) is 5.96 Å². The van der Waals surface area contributed by atoms with Crippen LogP contribution in [0.5, 0.6) is 0 Å². The van der Waals surface area contributed by atoms with Gasteiger partial charge in [0.25, 0.3) is 0 Å². The summed E-state index contributed by atoms with van der Waals surface area (Å²) in [5, 5.41) is 3.40. The summed E-state index contributed by atoms with van der Waals surface area (Å²) in [6, 6.07) is 13.6. The fourth-order valence-electron chi connectivity index (χ4n) is 2.40. The van der Waals surface area contributed by atoms with Gasteiger partial charge in [-0.1, -0.05) is 18.2 Å². The van der Waals surface area contributed by atoms with E-state index in [1.54, 1.807) is 0 Å². The number of hydrogen-bond donors (Lipinski definition) is 4. The van der Waals surface area contributed by atoms with E-state index >= 15 is 0 Å². The van der Waals surface area contributed by atoms with Crippen LogP contribution in [-0.4, -0.2) is 15.3 Å². The molecule has 118 valence electrons. The molecule has 0 bridgehead atoms. The second kappa shape index (κ2) is 6.37. The van der Waals surface area contributed by atoms with Crippen LogP contribution in [0.1, 0.15) is 11.3 Å². The van der Waals surface area contributed by atoms with E-state index < -0.39 is 0 Å². The van der Waals surface area contributed by atoms with Crippen molar-refractivity contribution in [1.82, 2.24) is 9.38 Å². The zero-order valence-electron chi connectivity index (χ0n) is 12.6. The normalized spacial score (nSPS) is 10.7. The fourth-order valence-corrected chi connectivity index (χ4v) is 2.40. The lowest BCUT2D eigenvalue weighted by molar-refractivity contribution is 0.997. The first-order valence-electron chi connectivity index (χ1n) is 7.26. The van der Waals surface area contributed by atoms with Crippen LogP contribution < -0.4 is 22.5 Å². The average Bonchev–Trinajstić information content (AvgIpc) is 2.91. The van der Waals surface area contributed by atoms with Gasteiger partial charge in [-0.2, -0.15) is 0 Å². The van der Waals surface area contributed by atoms with Gasteiger partial charge in [0, 0.05) is 19.3 Å². The largest absolute Gasteiger partial charge is 0.370 e. The molecule has 7 N–H and O–H groups in total. The van der Waals surface area contributed by atoms with Crippen LogP contribution in [-0.2, 0) is 13.1 Å². The van der Waals surface area contributed by atoms with Crippen molar-refractivity contribution in [3.05, 3.63) is 59.9 Å². The molecule has 0 saturated heterocycles. The molecule has 23 heavy (non-hydrogen) atoms. The lowest BCUT2D eigenvalue weighted by Crippen LogP contribution is -2.21. The van der Waals surface area contributed by atoms with Crippen molar-refractivity contribution in [3.8, 4) is 0 Å². The Morgan fingerprint density at radius 1 is 1.13 bits per heavy atom. The van der Waals surface area contributed by atoms with Gasteiger partial charge in [-0.25, -0.2) is 9.98 Å². The first kappa shape index (κ1) is 14.9. The number of imidazole rings is 1. The van der Waals surface area contributed by atoms with Gasteiger partial charge < -0.3 is 22.5 Å². The quantitative estimate of drug-likeness (QED) is 0.418. The summed E-state index contributed by atoms with van der Waals surface area (Å²) in [4.78, 5) is 8.52. The summed E-state index contributed by atoms with van der Waals surface area (Å²) < 4.78 is 2.00. The third kappa shape index (κ3) is 3.24. The third-order valence-corrected chi connectivity index (χ3v) is 3.45. The van der Waals surface area contributed by atoms with Crippen LogP contribution in [0, 0.1) is 0 Å². The van der Waals surface area contributed by atoms with E-state index in [-0.39, 0.29) is 5.96 Å². The Balaban J connectivity index is 1.79. The molecule has 3 aromatic rings. The van der Waals surface area contributed by atoms with Crippen LogP contribution in [0.3, 0.4) is 0 Å². The first-order valence-corrected chi connectivity index (χ1v) is 7.26. The van der Waals surface area contributed by atoms with Crippen LogP contribution in [0.2, 0.25) is 0 Å². The standard InChI is InChI=1S/C16H19N7/c17-9-13-15(23-8-2-1-3-14(23)22-13)20-10-11-4-6-12(7-5-11)21-16(18)19/h1-8,20H,9-10,17H2,(H4,18,19,21). The summed E-state index contributed by atoms with van der Waals surface area (Å²) in [6.45, 7) is 1.03. The number of aromatic nitrogens is 2. The number of nitrogens with two attached hydrogens (primary N) is 3. The van der Waals surface area contributed by atoms with E-state index in [2.05, 4.69) is 15.3 Å². The van der Waals surface area contributed by atoms with Gasteiger partial charge >= 0.3 is 0 Å². The summed E-state index contributed by atoms with van der Waals surface area (Å²) in [5.74, 6) is 0.964. The van der Waals surface area contributed by atoms with E-state index in [0.717, 1.165) is 28.4 Å². The third-order valence-electron chi connectivity index (χ3n) is 3.45. The average molecular weight is 309 g/mol. The molecule has 0 saturated carbocycles. The van der Waals surface area contributed by atoms with Crippen LogP contribution in [0.15, 0.2) is 53.7 Å². The summed E-state index contributed by atoms with van der Waals surface area (Å²) in [7, 11) is 0. The maximum atomic E-state index is 5.80. The van der Waals surface area contributed by atoms with Crippen molar-refractivity contribution in [1.29, 1.82) is 0 Å². The lowest BCUT2D eigenvalue weighted by atomic mass is 10.2. The highest BCUT2D eigenvalue weighted by Gasteiger charge is 2.09. The summed E-state index contributed by atoms with van der Waals surface area (Å²) in [6.07, 6.45) is 1.96. The number of benzene rings is 1. The Morgan fingerprint density at radius 3 is 2.61 bits per heavy atom. The number of aliphatic imine (C=N–C) groups is 1. The van der Waals surface area contributed by atoms with E-state index in [9.17, 15) is 0 Å². The molecule has 0 atom stereocenters. The highest BCUT2D eigenvalue weighted by Crippen LogP contribution is 2.19. The molecule has 7 nitrogen and oxygen atoms in total. The van der Waals surface area contributed by atoms with Gasteiger partial charge in [-0.15, -0.1) is 0 Å². The Morgan fingerprint density at radius 2 is 1.91 bits per heavy atom. The van der Waals surface area contributed by atoms with E-state index in [4.69, 9.17) is 17.2 Å². The molecule has 0 amide bonds. The molecular formula is C16H19N7. The number of hydrogen-bond acceptors (Lipinski definition) is 4. The Bertz CT molecular complexity index is 829. The zero-order chi connectivity index (χ0) is 16.2. The van der Waals surface area contributed by atoms with Crippen molar-refractivity contribution >= 4 is 23.1 Å². The zero-order valence-corrected chi connectivity index (χ0v) is 12.6. The molecule has 0 aliphatic heterocycles. The predicted molar refractivity (Wildman–Crippen MR) is 92.3 cm³/mol. The van der Waals surface area contributed by atoms with Crippen molar-refractivity contribution in [2.75, 3.05) is 5.32 Å².